The second-order valence-electron chi connectivity index (χ2n) is 12.9. The number of hydrogen-bond donors (Lipinski definition) is 0. The van der Waals surface area contributed by atoms with Crippen molar-refractivity contribution in [3.8, 4) is 11.5 Å². The predicted octanol–water partition coefficient (Wildman–Crippen LogP) is 12.6. The van der Waals surface area contributed by atoms with Gasteiger partial charge in [0.25, 0.3) is 0 Å². The van der Waals surface area contributed by atoms with Gasteiger partial charge in [0.1, 0.15) is 16.5 Å². The van der Waals surface area contributed by atoms with Crippen LogP contribution in [-0.4, -0.2) is 61.5 Å². The van der Waals surface area contributed by atoms with E-state index in [0.29, 0.717) is 37.2 Å². The molecule has 0 radical (unpaired) electrons. The van der Waals surface area contributed by atoms with Crippen LogP contribution in [0.25, 0.3) is 20.4 Å². The number of carbonyl (C=O) groups excluding carboxylic acids is 2. The number of benzene rings is 4. The number of esters is 2. The number of hydrogen-bond acceptors (Lipinski definition) is 14. The van der Waals surface area contributed by atoms with E-state index >= 15 is 0 Å². The topological polar surface area (TPSA) is 78.4 Å². The SMILES string of the molecule is O=C(Oc1ccc(SCCSCCSc2nc3ccccc3s2)cc1)[C@H]1CC[C@H](C(=O)Oc2ccc(SCCSCSCc3nc4ccccc4s3)cc2)CC1. The Balaban J connectivity index is 0.714. The van der Waals surface area contributed by atoms with Gasteiger partial charge in [0.2, 0.25) is 0 Å². The van der Waals surface area contributed by atoms with Gasteiger partial charge in [0.15, 0.2) is 4.34 Å². The summed E-state index contributed by atoms with van der Waals surface area (Å²) in [4.78, 5) is 37.6. The van der Waals surface area contributed by atoms with Gasteiger partial charge in [-0.1, -0.05) is 36.0 Å². The van der Waals surface area contributed by atoms with Gasteiger partial charge in [-0.2, -0.15) is 23.5 Å². The molecule has 1 aliphatic rings. The van der Waals surface area contributed by atoms with Crippen molar-refractivity contribution < 1.29 is 19.1 Å². The van der Waals surface area contributed by atoms with E-state index in [1.165, 1.54) is 19.3 Å². The predicted molar refractivity (Wildman–Crippen MR) is 247 cm³/mol. The van der Waals surface area contributed by atoms with Crippen molar-refractivity contribution in [1.82, 2.24) is 9.97 Å². The minimum Gasteiger partial charge on any atom is -0.426 e. The average Bonchev–Trinajstić information content (AvgIpc) is 3.85. The zero-order valence-electron chi connectivity index (χ0n) is 30.7. The zero-order valence-corrected chi connectivity index (χ0v) is 37.2. The largest absolute Gasteiger partial charge is 0.426 e. The first kappa shape index (κ1) is 41.8. The van der Waals surface area contributed by atoms with Crippen LogP contribution in [0.5, 0.6) is 11.5 Å². The van der Waals surface area contributed by atoms with Crippen molar-refractivity contribution in [2.75, 3.05) is 39.6 Å². The lowest BCUT2D eigenvalue weighted by Crippen LogP contribution is -2.30. The maximum atomic E-state index is 13.0. The molecule has 0 aliphatic heterocycles. The fourth-order valence-electron chi connectivity index (χ4n) is 6.04. The van der Waals surface area contributed by atoms with Crippen LogP contribution in [0.15, 0.2) is 111 Å². The molecule has 0 N–H and O–H groups in total. The highest BCUT2D eigenvalue weighted by Crippen LogP contribution is 2.33. The van der Waals surface area contributed by atoms with E-state index in [1.54, 1.807) is 22.7 Å². The Morgan fingerprint density at radius 3 is 1.61 bits per heavy atom. The summed E-state index contributed by atoms with van der Waals surface area (Å²) < 4.78 is 15.1. The number of para-hydroxylation sites is 2. The van der Waals surface area contributed by atoms with Gasteiger partial charge in [-0.15, -0.1) is 58.0 Å². The van der Waals surface area contributed by atoms with E-state index in [0.717, 1.165) is 65.6 Å². The highest BCUT2D eigenvalue weighted by atomic mass is 32.2. The average molecular weight is 895 g/mol. The molecule has 1 fully saturated rings. The third kappa shape index (κ3) is 12.8. The van der Waals surface area contributed by atoms with Crippen LogP contribution < -0.4 is 9.47 Å². The highest BCUT2D eigenvalue weighted by molar-refractivity contribution is 8.16. The van der Waals surface area contributed by atoms with Crippen LogP contribution in [0.2, 0.25) is 0 Å². The second kappa shape index (κ2) is 22.2. The van der Waals surface area contributed by atoms with Gasteiger partial charge < -0.3 is 9.47 Å². The first-order valence-electron chi connectivity index (χ1n) is 18.5. The van der Waals surface area contributed by atoms with E-state index in [2.05, 4.69) is 36.4 Å². The summed E-state index contributed by atoms with van der Waals surface area (Å²) in [6.07, 6.45) is 2.49. The van der Waals surface area contributed by atoms with Gasteiger partial charge in [-0.25, -0.2) is 9.97 Å². The lowest BCUT2D eigenvalue weighted by molar-refractivity contribution is -0.145. The number of ether oxygens (including phenoxy) is 2. The summed E-state index contributed by atoms with van der Waals surface area (Å²) in [5.74, 6) is 7.61. The molecule has 2 heterocycles. The summed E-state index contributed by atoms with van der Waals surface area (Å²) in [5, 5.41) is 2.24. The molecule has 0 amide bonds. The van der Waals surface area contributed by atoms with Crippen molar-refractivity contribution >= 4 is 126 Å². The normalized spacial score (nSPS) is 15.6. The molecule has 1 aliphatic carbocycles. The standard InChI is InChI=1S/C42H42N2O4S8/c45-40(47-31-13-17-33(18-14-31)52-24-21-49-22-26-54-42-44-36-6-2-4-8-38(36)56-42)29-9-11-30(12-10-29)41(46)48-32-15-19-34(20-16-32)53-25-23-50-28-51-27-39-43-35-5-1-3-7-37(35)55-39/h1-8,13-20,29-30H,9-12,21-28H2/t29-,30-. The molecule has 0 bridgehead atoms. The number of thioether (sulfide) groups is 6. The monoisotopic (exact) mass is 894 g/mol. The van der Waals surface area contributed by atoms with E-state index in [4.69, 9.17) is 19.4 Å². The Morgan fingerprint density at radius 1 is 0.554 bits per heavy atom. The minimum absolute atomic E-state index is 0.204. The van der Waals surface area contributed by atoms with Crippen molar-refractivity contribution in [3.63, 3.8) is 0 Å². The van der Waals surface area contributed by atoms with E-state index < -0.39 is 0 Å². The molecule has 6 aromatic rings. The number of carbonyl (C=O) groups is 2. The fourth-order valence-corrected chi connectivity index (χ4v) is 14.3. The smallest absolute Gasteiger partial charge is 0.314 e. The van der Waals surface area contributed by atoms with Crippen molar-refractivity contribution in [2.24, 2.45) is 11.8 Å². The minimum atomic E-state index is -0.216. The molecular weight excluding hydrogens is 853 g/mol. The number of thiazole rings is 2. The van der Waals surface area contributed by atoms with Crippen molar-refractivity contribution in [3.05, 3.63) is 102 Å². The van der Waals surface area contributed by atoms with Gasteiger partial charge >= 0.3 is 11.9 Å². The maximum Gasteiger partial charge on any atom is 0.314 e. The maximum absolute atomic E-state index is 13.0. The first-order valence-corrected chi connectivity index (χ1v) is 26.6. The van der Waals surface area contributed by atoms with Gasteiger partial charge in [-0.3, -0.25) is 9.59 Å². The summed E-state index contributed by atoms with van der Waals surface area (Å²) in [5.41, 5.74) is 2.18. The lowest BCUT2D eigenvalue weighted by Gasteiger charge is -2.25. The lowest BCUT2D eigenvalue weighted by atomic mass is 9.82. The molecule has 0 spiro atoms. The van der Waals surface area contributed by atoms with Crippen LogP contribution in [0.3, 0.4) is 0 Å². The molecule has 6 nitrogen and oxygen atoms in total. The van der Waals surface area contributed by atoms with Gasteiger partial charge in [0.05, 0.1) is 32.3 Å². The second-order valence-corrected chi connectivity index (χ2v) is 22.4. The van der Waals surface area contributed by atoms with Crippen LogP contribution in [0, 0.1) is 11.8 Å². The van der Waals surface area contributed by atoms with Gasteiger partial charge in [-0.05, 0) is 98.5 Å². The molecule has 14 heteroatoms. The number of aromatic nitrogens is 2. The molecule has 0 saturated heterocycles. The molecular formula is C42H42N2O4S8. The molecule has 56 heavy (non-hydrogen) atoms. The summed E-state index contributed by atoms with van der Waals surface area (Å²) in [6.45, 7) is 0. The van der Waals surface area contributed by atoms with Crippen LogP contribution in [0.1, 0.15) is 30.7 Å². The van der Waals surface area contributed by atoms with Crippen LogP contribution in [0.4, 0.5) is 0 Å². The summed E-state index contributed by atoms with van der Waals surface area (Å²) >= 11 is 14.9. The molecule has 2 aromatic heterocycles. The summed E-state index contributed by atoms with van der Waals surface area (Å²) in [7, 11) is 0. The fraction of sp³-hybridized carbons (Fsp3) is 0.333. The van der Waals surface area contributed by atoms with E-state index in [1.807, 2.05) is 131 Å². The summed E-state index contributed by atoms with van der Waals surface area (Å²) in [6, 6.07) is 32.2. The molecule has 1 saturated carbocycles. The molecule has 0 unspecified atom stereocenters. The molecule has 292 valence electrons. The highest BCUT2D eigenvalue weighted by Gasteiger charge is 2.32. The van der Waals surface area contributed by atoms with Crippen LogP contribution in [-0.2, 0) is 15.3 Å². The third-order valence-corrected chi connectivity index (χ3v) is 18.4. The Morgan fingerprint density at radius 2 is 1.05 bits per heavy atom. The molecule has 0 atom stereocenters. The third-order valence-electron chi connectivity index (χ3n) is 8.93. The quantitative estimate of drug-likeness (QED) is 0.0241. The molecule has 7 rings (SSSR count). The van der Waals surface area contributed by atoms with Crippen molar-refractivity contribution in [2.45, 2.75) is 45.6 Å². The Hall–Kier alpha value is -2.30. The molecule has 4 aromatic carbocycles. The number of fused-ring (bicyclic) bond motifs is 2. The first-order chi connectivity index (χ1) is 27.6. The Kier molecular flexibility index (Phi) is 16.6. The van der Waals surface area contributed by atoms with Gasteiger partial charge in [0, 0.05) is 55.1 Å². The Bertz CT molecular complexity index is 1930. The number of rotatable bonds is 20. The van der Waals surface area contributed by atoms with E-state index in [9.17, 15) is 9.59 Å². The Labute approximate surface area is 362 Å². The van der Waals surface area contributed by atoms with Crippen molar-refractivity contribution in [1.29, 1.82) is 0 Å². The number of nitrogens with zero attached hydrogens (tertiary/aromatic N) is 2. The zero-order chi connectivity index (χ0) is 38.4. The van der Waals surface area contributed by atoms with Crippen LogP contribution >= 0.6 is 93.2 Å². The van der Waals surface area contributed by atoms with E-state index in [-0.39, 0.29) is 23.8 Å².